The number of nitrogens with two attached hydrogens (primary N) is 1. The molecule has 1 atom stereocenters. The van der Waals surface area contributed by atoms with Crippen LogP contribution < -0.4 is 11.1 Å². The van der Waals surface area contributed by atoms with Crippen molar-refractivity contribution in [3.8, 4) is 0 Å². The first-order chi connectivity index (χ1) is 9.04. The normalized spacial score (nSPS) is 12.2. The van der Waals surface area contributed by atoms with Crippen molar-refractivity contribution in [2.75, 3.05) is 5.32 Å². The van der Waals surface area contributed by atoms with Crippen LogP contribution in [0.3, 0.4) is 0 Å². The highest BCUT2D eigenvalue weighted by Gasteiger charge is 2.08. The van der Waals surface area contributed by atoms with Gasteiger partial charge in [0.1, 0.15) is 12.9 Å². The van der Waals surface area contributed by atoms with Crippen LogP contribution in [0.5, 0.6) is 0 Å². The number of nitrogens with one attached hydrogen (secondary N) is 1. The molecule has 2 aromatic rings. The monoisotopic (exact) mass is 323 g/mol. The summed E-state index contributed by atoms with van der Waals surface area (Å²) >= 11 is 3.33. The maximum absolute atomic E-state index is 11.8. The van der Waals surface area contributed by atoms with Gasteiger partial charge in [-0.05, 0) is 31.2 Å². The molecule has 0 aliphatic carbocycles. The molecule has 0 radical (unpaired) electrons. The van der Waals surface area contributed by atoms with Crippen LogP contribution in [-0.4, -0.2) is 20.7 Å². The van der Waals surface area contributed by atoms with E-state index < -0.39 is 0 Å². The summed E-state index contributed by atoms with van der Waals surface area (Å²) in [4.78, 5) is 15.8. The van der Waals surface area contributed by atoms with Crippen LogP contribution in [0, 0.1) is 0 Å². The summed E-state index contributed by atoms with van der Waals surface area (Å²) in [5.74, 6) is 0.361. The summed E-state index contributed by atoms with van der Waals surface area (Å²) in [6.07, 6.45) is 1.50. The van der Waals surface area contributed by atoms with Gasteiger partial charge in [0.15, 0.2) is 5.82 Å². The van der Waals surface area contributed by atoms with E-state index in [9.17, 15) is 4.79 Å². The van der Waals surface area contributed by atoms with Crippen LogP contribution in [0.4, 0.5) is 5.69 Å². The van der Waals surface area contributed by atoms with Crippen molar-refractivity contribution in [3.63, 3.8) is 0 Å². The van der Waals surface area contributed by atoms with E-state index in [-0.39, 0.29) is 18.5 Å². The van der Waals surface area contributed by atoms with Gasteiger partial charge in [-0.1, -0.05) is 15.9 Å². The van der Waals surface area contributed by atoms with Gasteiger partial charge in [-0.3, -0.25) is 4.79 Å². The van der Waals surface area contributed by atoms with E-state index in [2.05, 4.69) is 31.3 Å². The Hall–Kier alpha value is -1.73. The van der Waals surface area contributed by atoms with Gasteiger partial charge in [0.2, 0.25) is 5.91 Å². The lowest BCUT2D eigenvalue weighted by Crippen LogP contribution is -2.19. The zero-order chi connectivity index (χ0) is 13.8. The summed E-state index contributed by atoms with van der Waals surface area (Å²) in [5.41, 5.74) is 6.39. The second-order valence-electron chi connectivity index (χ2n) is 4.14. The van der Waals surface area contributed by atoms with Crippen LogP contribution in [-0.2, 0) is 11.3 Å². The smallest absolute Gasteiger partial charge is 0.246 e. The molecule has 3 N–H and O–H groups in total. The number of rotatable bonds is 4. The number of nitrogens with zero attached hydrogens (tertiary/aromatic N) is 3. The lowest BCUT2D eigenvalue weighted by atomic mass is 10.3. The molecule has 0 aliphatic rings. The molecule has 1 unspecified atom stereocenters. The fourth-order valence-corrected chi connectivity index (χ4v) is 1.74. The summed E-state index contributed by atoms with van der Waals surface area (Å²) in [6, 6.07) is 7.11. The first kappa shape index (κ1) is 13.7. The molecule has 7 heteroatoms. The highest BCUT2D eigenvalue weighted by atomic mass is 79.9. The maximum atomic E-state index is 11.8. The lowest BCUT2D eigenvalue weighted by Gasteiger charge is -2.05. The third-order valence-electron chi connectivity index (χ3n) is 2.40. The summed E-state index contributed by atoms with van der Waals surface area (Å²) in [6.45, 7) is 1.90. The van der Waals surface area contributed by atoms with Gasteiger partial charge in [0.25, 0.3) is 0 Å². The fraction of sp³-hybridized carbons (Fsp3) is 0.250. The minimum atomic E-state index is -0.240. The molecular weight excluding hydrogens is 310 g/mol. The molecule has 100 valence electrons. The van der Waals surface area contributed by atoms with Gasteiger partial charge < -0.3 is 11.1 Å². The molecule has 6 nitrogen and oxygen atoms in total. The second-order valence-corrected chi connectivity index (χ2v) is 5.06. The molecule has 19 heavy (non-hydrogen) atoms. The van der Waals surface area contributed by atoms with Crippen LogP contribution in [0.1, 0.15) is 18.8 Å². The number of aromatic nitrogens is 3. The zero-order valence-corrected chi connectivity index (χ0v) is 12.0. The Labute approximate surface area is 119 Å². The number of halogens is 1. The van der Waals surface area contributed by atoms with Crippen LogP contribution >= 0.6 is 15.9 Å². The molecule has 1 amide bonds. The van der Waals surface area contributed by atoms with Gasteiger partial charge in [-0.15, -0.1) is 0 Å². The Bertz CT molecular complexity index is 564. The summed E-state index contributed by atoms with van der Waals surface area (Å²) in [5, 5.41) is 6.89. The number of carbonyl (C=O) groups excluding carboxylic acids is 1. The fourth-order valence-electron chi connectivity index (χ4n) is 1.47. The molecule has 1 aromatic heterocycles. The third-order valence-corrected chi connectivity index (χ3v) is 2.92. The molecule has 0 saturated carbocycles. The van der Waals surface area contributed by atoms with E-state index in [0.717, 1.165) is 10.2 Å². The van der Waals surface area contributed by atoms with Gasteiger partial charge in [0.05, 0.1) is 6.04 Å². The summed E-state index contributed by atoms with van der Waals surface area (Å²) < 4.78 is 2.43. The molecular formula is C12H14BrN5O. The van der Waals surface area contributed by atoms with Crippen LogP contribution in [0.15, 0.2) is 35.1 Å². The molecule has 0 aliphatic heterocycles. The van der Waals surface area contributed by atoms with E-state index >= 15 is 0 Å². The van der Waals surface area contributed by atoms with E-state index in [4.69, 9.17) is 5.73 Å². The number of carbonyl (C=O) groups is 1. The van der Waals surface area contributed by atoms with Crippen molar-refractivity contribution in [3.05, 3.63) is 40.9 Å². The quantitative estimate of drug-likeness (QED) is 0.896. The second kappa shape index (κ2) is 5.94. The minimum Gasteiger partial charge on any atom is -0.324 e. The minimum absolute atomic E-state index is 0.107. The van der Waals surface area contributed by atoms with Crippen molar-refractivity contribution in [1.82, 2.24) is 14.8 Å². The largest absolute Gasteiger partial charge is 0.324 e. The van der Waals surface area contributed by atoms with E-state index in [1.807, 2.05) is 24.3 Å². The number of amides is 1. The van der Waals surface area contributed by atoms with Crippen molar-refractivity contribution in [2.45, 2.75) is 19.5 Å². The van der Waals surface area contributed by atoms with E-state index in [0.29, 0.717) is 5.82 Å². The van der Waals surface area contributed by atoms with Crippen molar-refractivity contribution >= 4 is 27.5 Å². The average Bonchev–Trinajstić information content (AvgIpc) is 2.80. The van der Waals surface area contributed by atoms with Crippen molar-refractivity contribution in [1.29, 1.82) is 0 Å². The third kappa shape index (κ3) is 3.87. The molecule has 1 heterocycles. The highest BCUT2D eigenvalue weighted by molar-refractivity contribution is 9.10. The Kier molecular flexibility index (Phi) is 4.28. The first-order valence-corrected chi connectivity index (χ1v) is 6.54. The number of anilines is 1. The Balaban J connectivity index is 1.95. The van der Waals surface area contributed by atoms with Crippen molar-refractivity contribution in [2.24, 2.45) is 5.73 Å². The molecule has 0 saturated heterocycles. The molecule has 2 rings (SSSR count). The Morgan fingerprint density at radius 2 is 2.16 bits per heavy atom. The lowest BCUT2D eigenvalue weighted by molar-refractivity contribution is -0.116. The van der Waals surface area contributed by atoms with Gasteiger partial charge in [-0.2, -0.15) is 5.10 Å². The van der Waals surface area contributed by atoms with Gasteiger partial charge in [-0.25, -0.2) is 9.67 Å². The highest BCUT2D eigenvalue weighted by Crippen LogP contribution is 2.14. The predicted octanol–water partition coefficient (Wildman–Crippen LogP) is 1.70. The molecule has 0 spiro atoms. The molecule has 0 bridgehead atoms. The Morgan fingerprint density at radius 1 is 1.47 bits per heavy atom. The SMILES string of the molecule is CC(N)c1ncn(CC(=O)Nc2ccc(Br)cc2)n1. The van der Waals surface area contributed by atoms with E-state index in [1.165, 1.54) is 11.0 Å². The standard InChI is InChI=1S/C12H14BrN5O/c1-8(14)12-15-7-18(17-12)6-11(19)16-10-4-2-9(13)3-5-10/h2-5,7-8H,6,14H2,1H3,(H,16,19). The summed E-state index contributed by atoms with van der Waals surface area (Å²) in [7, 11) is 0. The van der Waals surface area contributed by atoms with Crippen LogP contribution in [0.25, 0.3) is 0 Å². The maximum Gasteiger partial charge on any atom is 0.246 e. The van der Waals surface area contributed by atoms with Crippen molar-refractivity contribution < 1.29 is 4.79 Å². The number of hydrogen-bond acceptors (Lipinski definition) is 4. The van der Waals surface area contributed by atoms with Gasteiger partial charge >= 0.3 is 0 Å². The number of benzene rings is 1. The van der Waals surface area contributed by atoms with Crippen LogP contribution in [0.2, 0.25) is 0 Å². The molecule has 0 fully saturated rings. The predicted molar refractivity (Wildman–Crippen MR) is 75.4 cm³/mol. The van der Waals surface area contributed by atoms with E-state index in [1.54, 1.807) is 6.92 Å². The van der Waals surface area contributed by atoms with Gasteiger partial charge in [0, 0.05) is 10.2 Å². The topological polar surface area (TPSA) is 85.8 Å². The average molecular weight is 324 g/mol. The zero-order valence-electron chi connectivity index (χ0n) is 10.4. The Morgan fingerprint density at radius 3 is 2.74 bits per heavy atom. The number of hydrogen-bond donors (Lipinski definition) is 2. The molecule has 1 aromatic carbocycles. The first-order valence-electron chi connectivity index (χ1n) is 5.75.